The van der Waals surface area contributed by atoms with Crippen LogP contribution in [0, 0.1) is 6.92 Å². The summed E-state index contributed by atoms with van der Waals surface area (Å²) in [6.45, 7) is 2.78. The lowest BCUT2D eigenvalue weighted by Gasteiger charge is -2.07. The fourth-order valence-electron chi connectivity index (χ4n) is 2.05. The Hall–Kier alpha value is -2.56. The van der Waals surface area contributed by atoms with Gasteiger partial charge in [0.2, 0.25) is 5.91 Å². The summed E-state index contributed by atoms with van der Waals surface area (Å²) in [5, 5.41) is 5.54. The molecule has 2 N–H and O–H groups in total. The standard InChI is InChI=1S/C17H20N2O3/c1-13-4-2-5-14(12-13)17(21)19-10-8-16(20)18-9-7-15-6-3-11-22-15/h2-6,11-12H,7-10H2,1H3,(H,18,20)(H,19,21). The first-order valence-electron chi connectivity index (χ1n) is 7.29. The van der Waals surface area contributed by atoms with E-state index in [1.807, 2.05) is 37.3 Å². The van der Waals surface area contributed by atoms with Crippen molar-refractivity contribution in [2.75, 3.05) is 13.1 Å². The number of rotatable bonds is 7. The van der Waals surface area contributed by atoms with Gasteiger partial charge in [-0.25, -0.2) is 0 Å². The summed E-state index contributed by atoms with van der Waals surface area (Å²) in [5.74, 6) is 0.594. The van der Waals surface area contributed by atoms with Gasteiger partial charge in [0.25, 0.3) is 5.91 Å². The zero-order valence-electron chi connectivity index (χ0n) is 12.6. The summed E-state index contributed by atoms with van der Waals surface area (Å²) in [4.78, 5) is 23.5. The van der Waals surface area contributed by atoms with Gasteiger partial charge in [0, 0.05) is 31.5 Å². The molecule has 0 unspecified atom stereocenters. The fraction of sp³-hybridized carbons (Fsp3) is 0.294. The van der Waals surface area contributed by atoms with Gasteiger partial charge in [-0.05, 0) is 31.2 Å². The van der Waals surface area contributed by atoms with Crippen LogP contribution in [0.1, 0.15) is 28.1 Å². The maximum atomic E-state index is 11.9. The molecule has 0 aliphatic rings. The van der Waals surface area contributed by atoms with Crippen LogP contribution >= 0.6 is 0 Å². The van der Waals surface area contributed by atoms with Gasteiger partial charge in [-0.3, -0.25) is 9.59 Å². The molecule has 0 radical (unpaired) electrons. The molecule has 0 aliphatic heterocycles. The van der Waals surface area contributed by atoms with Crippen molar-refractivity contribution in [2.45, 2.75) is 19.8 Å². The Morgan fingerprint density at radius 3 is 2.68 bits per heavy atom. The van der Waals surface area contributed by atoms with Crippen molar-refractivity contribution in [2.24, 2.45) is 0 Å². The quantitative estimate of drug-likeness (QED) is 0.822. The van der Waals surface area contributed by atoms with Crippen LogP contribution < -0.4 is 10.6 Å². The number of nitrogens with one attached hydrogen (secondary N) is 2. The monoisotopic (exact) mass is 300 g/mol. The average molecular weight is 300 g/mol. The first-order valence-corrected chi connectivity index (χ1v) is 7.29. The summed E-state index contributed by atoms with van der Waals surface area (Å²) in [6, 6.07) is 11.0. The van der Waals surface area contributed by atoms with E-state index in [1.54, 1.807) is 12.3 Å². The lowest BCUT2D eigenvalue weighted by molar-refractivity contribution is -0.120. The number of amides is 2. The van der Waals surface area contributed by atoms with Crippen molar-refractivity contribution in [3.8, 4) is 0 Å². The van der Waals surface area contributed by atoms with Crippen molar-refractivity contribution in [3.63, 3.8) is 0 Å². The molecular formula is C17H20N2O3. The third-order valence-corrected chi connectivity index (χ3v) is 3.19. The minimum Gasteiger partial charge on any atom is -0.469 e. The normalized spacial score (nSPS) is 10.2. The molecule has 2 aromatic rings. The van der Waals surface area contributed by atoms with Crippen LogP contribution in [0.15, 0.2) is 47.1 Å². The number of hydrogen-bond donors (Lipinski definition) is 2. The highest BCUT2D eigenvalue weighted by molar-refractivity contribution is 5.94. The SMILES string of the molecule is Cc1cccc(C(=O)NCCC(=O)NCCc2ccco2)c1. The molecule has 2 rings (SSSR count). The van der Waals surface area contributed by atoms with Gasteiger partial charge < -0.3 is 15.1 Å². The van der Waals surface area contributed by atoms with E-state index in [9.17, 15) is 9.59 Å². The predicted molar refractivity (Wildman–Crippen MR) is 83.6 cm³/mol. The van der Waals surface area contributed by atoms with Crippen LogP contribution in [-0.2, 0) is 11.2 Å². The Bertz CT molecular complexity index is 621. The molecule has 5 heteroatoms. The van der Waals surface area contributed by atoms with Crippen LogP contribution in [0.2, 0.25) is 0 Å². The molecule has 116 valence electrons. The molecule has 0 bridgehead atoms. The molecule has 0 spiro atoms. The highest BCUT2D eigenvalue weighted by Crippen LogP contribution is 2.03. The zero-order chi connectivity index (χ0) is 15.8. The van der Waals surface area contributed by atoms with Gasteiger partial charge >= 0.3 is 0 Å². The molecule has 1 aromatic carbocycles. The van der Waals surface area contributed by atoms with Crippen molar-refractivity contribution in [1.82, 2.24) is 10.6 Å². The van der Waals surface area contributed by atoms with E-state index in [-0.39, 0.29) is 18.2 Å². The predicted octanol–water partition coefficient (Wildman–Crippen LogP) is 2.07. The smallest absolute Gasteiger partial charge is 0.251 e. The molecule has 0 saturated carbocycles. The second-order valence-electron chi connectivity index (χ2n) is 5.05. The highest BCUT2D eigenvalue weighted by Gasteiger charge is 2.06. The summed E-state index contributed by atoms with van der Waals surface area (Å²) in [6.07, 6.45) is 2.53. The van der Waals surface area contributed by atoms with E-state index in [4.69, 9.17) is 4.42 Å². The molecule has 1 heterocycles. The minimum atomic E-state index is -0.160. The topological polar surface area (TPSA) is 71.3 Å². The summed E-state index contributed by atoms with van der Waals surface area (Å²) >= 11 is 0. The van der Waals surface area contributed by atoms with E-state index in [0.29, 0.717) is 25.1 Å². The van der Waals surface area contributed by atoms with Crippen molar-refractivity contribution in [1.29, 1.82) is 0 Å². The minimum absolute atomic E-state index is 0.0869. The maximum absolute atomic E-state index is 11.9. The third-order valence-electron chi connectivity index (χ3n) is 3.19. The van der Waals surface area contributed by atoms with Crippen LogP contribution in [0.25, 0.3) is 0 Å². The Labute approximate surface area is 129 Å². The Morgan fingerprint density at radius 1 is 1.09 bits per heavy atom. The molecule has 1 aromatic heterocycles. The van der Waals surface area contributed by atoms with E-state index in [1.165, 1.54) is 0 Å². The van der Waals surface area contributed by atoms with Gasteiger partial charge in [-0.2, -0.15) is 0 Å². The lowest BCUT2D eigenvalue weighted by Crippen LogP contribution is -2.31. The number of benzene rings is 1. The molecule has 0 fully saturated rings. The molecule has 0 aliphatic carbocycles. The summed E-state index contributed by atoms with van der Waals surface area (Å²) < 4.78 is 5.18. The van der Waals surface area contributed by atoms with Crippen LogP contribution in [0.4, 0.5) is 0 Å². The highest BCUT2D eigenvalue weighted by atomic mass is 16.3. The van der Waals surface area contributed by atoms with Gasteiger partial charge in [-0.1, -0.05) is 17.7 Å². The third kappa shape index (κ3) is 5.09. The largest absolute Gasteiger partial charge is 0.469 e. The lowest BCUT2D eigenvalue weighted by atomic mass is 10.1. The van der Waals surface area contributed by atoms with E-state index < -0.39 is 0 Å². The number of hydrogen-bond acceptors (Lipinski definition) is 3. The molecule has 2 amide bonds. The number of aryl methyl sites for hydroxylation is 1. The Balaban J connectivity index is 1.63. The van der Waals surface area contributed by atoms with Gasteiger partial charge in [0.05, 0.1) is 6.26 Å². The van der Waals surface area contributed by atoms with Crippen LogP contribution in [-0.4, -0.2) is 24.9 Å². The number of carbonyl (C=O) groups excluding carboxylic acids is 2. The number of furan rings is 1. The first-order chi connectivity index (χ1) is 10.6. The first kappa shape index (κ1) is 15.8. The number of carbonyl (C=O) groups is 2. The Kier molecular flexibility index (Phi) is 5.77. The van der Waals surface area contributed by atoms with E-state index >= 15 is 0 Å². The maximum Gasteiger partial charge on any atom is 0.251 e. The van der Waals surface area contributed by atoms with E-state index in [2.05, 4.69) is 10.6 Å². The van der Waals surface area contributed by atoms with Crippen LogP contribution in [0.5, 0.6) is 0 Å². The molecule has 5 nitrogen and oxygen atoms in total. The zero-order valence-corrected chi connectivity index (χ0v) is 12.6. The van der Waals surface area contributed by atoms with Crippen molar-refractivity contribution in [3.05, 3.63) is 59.5 Å². The van der Waals surface area contributed by atoms with Crippen molar-refractivity contribution >= 4 is 11.8 Å². The average Bonchev–Trinajstić information content (AvgIpc) is 3.00. The summed E-state index contributed by atoms with van der Waals surface area (Å²) in [7, 11) is 0. The molecule has 0 saturated heterocycles. The molecular weight excluding hydrogens is 280 g/mol. The van der Waals surface area contributed by atoms with Crippen molar-refractivity contribution < 1.29 is 14.0 Å². The van der Waals surface area contributed by atoms with Gasteiger partial charge in [-0.15, -0.1) is 0 Å². The second-order valence-corrected chi connectivity index (χ2v) is 5.05. The van der Waals surface area contributed by atoms with Gasteiger partial charge in [0.15, 0.2) is 0 Å². The molecule has 22 heavy (non-hydrogen) atoms. The fourth-order valence-corrected chi connectivity index (χ4v) is 2.05. The van der Waals surface area contributed by atoms with E-state index in [0.717, 1.165) is 11.3 Å². The molecule has 0 atom stereocenters. The van der Waals surface area contributed by atoms with Gasteiger partial charge in [0.1, 0.15) is 5.76 Å². The summed E-state index contributed by atoms with van der Waals surface area (Å²) in [5.41, 5.74) is 1.64. The Morgan fingerprint density at radius 2 is 1.95 bits per heavy atom. The van der Waals surface area contributed by atoms with Crippen LogP contribution in [0.3, 0.4) is 0 Å². The second kappa shape index (κ2) is 8.02.